The molecule has 0 saturated carbocycles. The summed E-state index contributed by atoms with van der Waals surface area (Å²) >= 11 is 5.16. The Bertz CT molecular complexity index is 785. The van der Waals surface area contributed by atoms with Crippen LogP contribution in [0.3, 0.4) is 0 Å². The van der Waals surface area contributed by atoms with Gasteiger partial charge in [0.25, 0.3) is 0 Å². The molecule has 3 rings (SSSR count). The summed E-state index contributed by atoms with van der Waals surface area (Å²) in [5, 5.41) is 11.8. The highest BCUT2D eigenvalue weighted by atomic mass is 79.9. The molecule has 0 fully saturated rings. The van der Waals surface area contributed by atoms with Gasteiger partial charge in [-0.05, 0) is 18.2 Å². The van der Waals surface area contributed by atoms with Crippen LogP contribution < -0.4 is 0 Å². The third kappa shape index (κ3) is 2.51. The Hall–Kier alpha value is -1.96. The van der Waals surface area contributed by atoms with E-state index in [1.807, 2.05) is 53.9 Å². The Morgan fingerprint density at radius 2 is 1.80 bits per heavy atom. The van der Waals surface area contributed by atoms with Crippen LogP contribution in [0, 0.1) is 11.3 Å². The number of nitrogens with zero attached hydrogens (tertiary/aromatic N) is 2. The Morgan fingerprint density at radius 3 is 2.50 bits per heavy atom. The van der Waals surface area contributed by atoms with E-state index in [9.17, 15) is 0 Å². The van der Waals surface area contributed by atoms with Gasteiger partial charge in [0.05, 0.1) is 17.3 Å². The van der Waals surface area contributed by atoms with Gasteiger partial charge in [0, 0.05) is 21.0 Å². The Balaban J connectivity index is 1.98. The summed E-state index contributed by atoms with van der Waals surface area (Å²) in [6, 6.07) is 17.7. The van der Waals surface area contributed by atoms with Gasteiger partial charge in [0.2, 0.25) is 0 Å². The Morgan fingerprint density at radius 1 is 1.05 bits per heavy atom. The smallest absolute Gasteiger partial charge is 0.125 e. The Labute approximate surface area is 129 Å². The molecule has 0 saturated heterocycles. The van der Waals surface area contributed by atoms with Crippen molar-refractivity contribution in [1.29, 1.82) is 5.26 Å². The van der Waals surface area contributed by atoms with Crippen molar-refractivity contribution in [2.75, 3.05) is 0 Å². The molecule has 1 heterocycles. The van der Waals surface area contributed by atoms with Crippen LogP contribution in [0.25, 0.3) is 21.8 Å². The molecule has 0 N–H and O–H groups in total. The monoisotopic (exact) mass is 340 g/mol. The lowest BCUT2D eigenvalue weighted by Gasteiger charge is -1.99. The van der Waals surface area contributed by atoms with Crippen LogP contribution in [0.15, 0.2) is 58.4 Å². The van der Waals surface area contributed by atoms with Crippen molar-refractivity contribution in [2.24, 2.45) is 0 Å². The van der Waals surface area contributed by atoms with E-state index in [1.165, 1.54) is 0 Å². The second-order valence-electron chi connectivity index (χ2n) is 4.21. The quantitative estimate of drug-likeness (QED) is 0.649. The highest BCUT2D eigenvalue weighted by molar-refractivity contribution is 9.10. The molecule has 0 radical (unpaired) electrons. The molecule has 2 nitrogen and oxygen atoms in total. The van der Waals surface area contributed by atoms with Gasteiger partial charge >= 0.3 is 0 Å². The van der Waals surface area contributed by atoms with Crippen LogP contribution in [0.2, 0.25) is 0 Å². The number of thiazole rings is 1. The number of rotatable bonds is 2. The lowest BCUT2D eigenvalue weighted by molar-refractivity contribution is 1.39. The maximum Gasteiger partial charge on any atom is 0.125 e. The molecule has 0 aliphatic rings. The number of nitriles is 1. The zero-order chi connectivity index (χ0) is 13.9. The fraction of sp³-hybridized carbons (Fsp3) is 0. The minimum Gasteiger partial charge on any atom is -0.236 e. The number of hydrogen-bond donors (Lipinski definition) is 0. The molecule has 0 spiro atoms. The fourth-order valence-electron chi connectivity index (χ4n) is 1.88. The van der Waals surface area contributed by atoms with E-state index in [2.05, 4.69) is 27.0 Å². The number of hydrogen-bond acceptors (Lipinski definition) is 3. The summed E-state index contributed by atoms with van der Waals surface area (Å²) in [5.74, 6) is 0. The molecule has 20 heavy (non-hydrogen) atoms. The standard InChI is InChI=1S/C16H9BrN2S/c17-14-4-2-1-3-13(14)16-19-15(10-20-16)12-7-5-11(9-18)6-8-12/h1-8,10H. The van der Waals surface area contributed by atoms with Crippen LogP contribution in [-0.4, -0.2) is 4.98 Å². The minimum absolute atomic E-state index is 0.662. The van der Waals surface area contributed by atoms with Gasteiger partial charge in [0.15, 0.2) is 0 Å². The molecule has 1 aromatic heterocycles. The molecule has 2 aromatic carbocycles. The summed E-state index contributed by atoms with van der Waals surface area (Å²) in [4.78, 5) is 4.67. The van der Waals surface area contributed by atoms with Crippen LogP contribution in [0.4, 0.5) is 0 Å². The van der Waals surface area contributed by atoms with Crippen LogP contribution >= 0.6 is 27.3 Å². The van der Waals surface area contributed by atoms with Crippen molar-refractivity contribution in [2.45, 2.75) is 0 Å². The summed E-state index contributed by atoms with van der Waals surface area (Å²) < 4.78 is 1.04. The van der Waals surface area contributed by atoms with Crippen LogP contribution in [-0.2, 0) is 0 Å². The molecule has 3 aromatic rings. The van der Waals surface area contributed by atoms with Gasteiger partial charge in [-0.3, -0.25) is 0 Å². The van der Waals surface area contributed by atoms with E-state index in [0.717, 1.165) is 26.3 Å². The van der Waals surface area contributed by atoms with Crippen molar-refractivity contribution in [1.82, 2.24) is 4.98 Å². The third-order valence-electron chi connectivity index (χ3n) is 2.92. The van der Waals surface area contributed by atoms with Gasteiger partial charge in [-0.25, -0.2) is 4.98 Å². The predicted molar refractivity (Wildman–Crippen MR) is 85.4 cm³/mol. The van der Waals surface area contributed by atoms with Gasteiger partial charge in [-0.15, -0.1) is 11.3 Å². The van der Waals surface area contributed by atoms with E-state index in [1.54, 1.807) is 11.3 Å². The SMILES string of the molecule is N#Cc1ccc(-c2csc(-c3ccccc3Br)n2)cc1. The molecule has 4 heteroatoms. The molecule has 0 amide bonds. The lowest BCUT2D eigenvalue weighted by Crippen LogP contribution is -1.81. The first-order valence-electron chi connectivity index (χ1n) is 5.99. The molecular formula is C16H9BrN2S. The van der Waals surface area contributed by atoms with Crippen molar-refractivity contribution in [3.05, 3.63) is 63.9 Å². The normalized spacial score (nSPS) is 10.2. The van der Waals surface area contributed by atoms with E-state index >= 15 is 0 Å². The largest absolute Gasteiger partial charge is 0.236 e. The summed E-state index contributed by atoms with van der Waals surface area (Å²) in [5.41, 5.74) is 3.72. The van der Waals surface area contributed by atoms with Crippen molar-refractivity contribution >= 4 is 27.3 Å². The van der Waals surface area contributed by atoms with Gasteiger partial charge in [-0.2, -0.15) is 5.26 Å². The number of benzene rings is 2. The first-order valence-corrected chi connectivity index (χ1v) is 7.66. The predicted octanol–water partition coefficient (Wildman–Crippen LogP) is 5.11. The second kappa shape index (κ2) is 5.58. The first-order chi connectivity index (χ1) is 9.78. The zero-order valence-corrected chi connectivity index (χ0v) is 12.8. The van der Waals surface area contributed by atoms with Crippen molar-refractivity contribution in [3.8, 4) is 27.9 Å². The zero-order valence-electron chi connectivity index (χ0n) is 10.4. The average molecular weight is 341 g/mol. The highest BCUT2D eigenvalue weighted by Crippen LogP contribution is 2.33. The Kier molecular flexibility index (Phi) is 3.64. The molecule has 96 valence electrons. The van der Waals surface area contributed by atoms with Crippen molar-refractivity contribution < 1.29 is 0 Å². The maximum atomic E-state index is 8.81. The molecule has 0 aliphatic carbocycles. The molecule has 0 unspecified atom stereocenters. The summed E-state index contributed by atoms with van der Waals surface area (Å²) in [6.07, 6.45) is 0. The molecule has 0 atom stereocenters. The van der Waals surface area contributed by atoms with E-state index in [0.29, 0.717) is 5.56 Å². The van der Waals surface area contributed by atoms with E-state index in [-0.39, 0.29) is 0 Å². The van der Waals surface area contributed by atoms with E-state index < -0.39 is 0 Å². The lowest BCUT2D eigenvalue weighted by atomic mass is 10.1. The number of aromatic nitrogens is 1. The van der Waals surface area contributed by atoms with Gasteiger partial charge in [0.1, 0.15) is 5.01 Å². The first kappa shape index (κ1) is 13.0. The van der Waals surface area contributed by atoms with Gasteiger partial charge in [-0.1, -0.05) is 46.3 Å². The van der Waals surface area contributed by atoms with Gasteiger partial charge < -0.3 is 0 Å². The molecule has 0 aliphatic heterocycles. The second-order valence-corrected chi connectivity index (χ2v) is 5.92. The third-order valence-corrected chi connectivity index (χ3v) is 4.49. The topological polar surface area (TPSA) is 36.7 Å². The summed E-state index contributed by atoms with van der Waals surface area (Å²) in [7, 11) is 0. The van der Waals surface area contributed by atoms with E-state index in [4.69, 9.17) is 5.26 Å². The highest BCUT2D eigenvalue weighted by Gasteiger charge is 2.09. The molecular weight excluding hydrogens is 332 g/mol. The van der Waals surface area contributed by atoms with Crippen LogP contribution in [0.5, 0.6) is 0 Å². The summed E-state index contributed by atoms with van der Waals surface area (Å²) in [6.45, 7) is 0. The average Bonchev–Trinajstić information content (AvgIpc) is 2.97. The minimum atomic E-state index is 0.662. The van der Waals surface area contributed by atoms with Crippen molar-refractivity contribution in [3.63, 3.8) is 0 Å². The maximum absolute atomic E-state index is 8.81. The number of halogens is 1. The molecule has 0 bridgehead atoms. The fourth-order valence-corrected chi connectivity index (χ4v) is 3.35. The van der Waals surface area contributed by atoms with Crippen LogP contribution in [0.1, 0.15) is 5.56 Å².